The van der Waals surface area contributed by atoms with Gasteiger partial charge in [0.25, 0.3) is 11.5 Å². The molecule has 3 rings (SSSR count). The van der Waals surface area contributed by atoms with E-state index in [2.05, 4.69) is 16.9 Å². The van der Waals surface area contributed by atoms with Crippen molar-refractivity contribution < 1.29 is 9.53 Å². The van der Waals surface area contributed by atoms with Crippen LogP contribution in [0.15, 0.2) is 16.9 Å². The lowest BCUT2D eigenvalue weighted by Crippen LogP contribution is -2.47. The van der Waals surface area contributed by atoms with E-state index < -0.39 is 0 Å². The second kappa shape index (κ2) is 6.80. The van der Waals surface area contributed by atoms with Crippen molar-refractivity contribution in [3.05, 3.63) is 28.2 Å². The maximum Gasteiger partial charge on any atom is 0.274 e. The van der Waals surface area contributed by atoms with Crippen LogP contribution in [0.4, 0.5) is 0 Å². The van der Waals surface area contributed by atoms with Crippen LogP contribution in [0.5, 0.6) is 0 Å². The van der Waals surface area contributed by atoms with Gasteiger partial charge in [0.15, 0.2) is 0 Å². The zero-order valence-corrected chi connectivity index (χ0v) is 13.8. The average molecular weight is 320 g/mol. The maximum atomic E-state index is 12.7. The van der Waals surface area contributed by atoms with Crippen LogP contribution in [0.1, 0.15) is 24.3 Å². The molecule has 2 saturated heterocycles. The van der Waals surface area contributed by atoms with Crippen molar-refractivity contribution >= 4 is 5.91 Å². The monoisotopic (exact) mass is 320 g/mol. The number of rotatable bonds is 3. The number of amides is 1. The lowest BCUT2D eigenvalue weighted by Gasteiger charge is -2.33. The van der Waals surface area contributed by atoms with Gasteiger partial charge in [-0.3, -0.25) is 14.5 Å². The molecule has 0 spiro atoms. The average Bonchev–Trinajstić information content (AvgIpc) is 2.97. The van der Waals surface area contributed by atoms with E-state index in [4.69, 9.17) is 4.74 Å². The Hall–Kier alpha value is -1.73. The minimum absolute atomic E-state index is 0.0881. The summed E-state index contributed by atoms with van der Waals surface area (Å²) in [5.41, 5.74) is 0.173. The summed E-state index contributed by atoms with van der Waals surface area (Å²) in [6.45, 7) is 9.32. The minimum Gasteiger partial charge on any atom is -0.379 e. The molecule has 2 aliphatic rings. The van der Waals surface area contributed by atoms with E-state index in [1.807, 2.05) is 11.8 Å². The Kier molecular flexibility index (Phi) is 4.77. The summed E-state index contributed by atoms with van der Waals surface area (Å²) in [5, 5.41) is 4.18. The molecule has 7 nitrogen and oxygen atoms in total. The van der Waals surface area contributed by atoms with E-state index in [-0.39, 0.29) is 11.5 Å². The molecule has 23 heavy (non-hydrogen) atoms. The molecule has 0 bridgehead atoms. The molecular formula is C16H24N4O3. The summed E-state index contributed by atoms with van der Waals surface area (Å²) < 4.78 is 6.74. The molecule has 0 aliphatic carbocycles. The Labute approximate surface area is 135 Å². The first-order valence-electron chi connectivity index (χ1n) is 8.29. The van der Waals surface area contributed by atoms with Gasteiger partial charge in [0, 0.05) is 44.8 Å². The molecule has 7 heteroatoms. The minimum atomic E-state index is -0.176. The number of carbonyl (C=O) groups excluding carboxylic acids is 1. The van der Waals surface area contributed by atoms with E-state index in [0.29, 0.717) is 30.7 Å². The number of aryl methyl sites for hydroxylation is 1. The summed E-state index contributed by atoms with van der Waals surface area (Å²) in [6, 6.07) is 3.33. The summed E-state index contributed by atoms with van der Waals surface area (Å²) in [7, 11) is 0. The highest BCUT2D eigenvalue weighted by atomic mass is 16.5. The molecular weight excluding hydrogens is 296 g/mol. The van der Waals surface area contributed by atoms with Gasteiger partial charge in [-0.2, -0.15) is 5.10 Å². The summed E-state index contributed by atoms with van der Waals surface area (Å²) >= 11 is 0. The van der Waals surface area contributed by atoms with Crippen molar-refractivity contribution in [2.24, 2.45) is 5.92 Å². The number of nitrogens with zero attached hydrogens (tertiary/aromatic N) is 4. The van der Waals surface area contributed by atoms with Gasteiger partial charge in [0.05, 0.1) is 13.2 Å². The second-order valence-electron chi connectivity index (χ2n) is 6.28. The smallest absolute Gasteiger partial charge is 0.274 e. The molecule has 1 amide bonds. The number of ether oxygens (including phenoxy) is 1. The van der Waals surface area contributed by atoms with Crippen molar-refractivity contribution in [3.63, 3.8) is 0 Å². The van der Waals surface area contributed by atoms with Gasteiger partial charge in [-0.1, -0.05) is 6.92 Å². The molecule has 2 aliphatic heterocycles. The van der Waals surface area contributed by atoms with Gasteiger partial charge in [-0.15, -0.1) is 0 Å². The number of aromatic nitrogens is 2. The van der Waals surface area contributed by atoms with E-state index in [1.165, 1.54) is 16.8 Å². The fraction of sp³-hybridized carbons (Fsp3) is 0.688. The predicted octanol–water partition coefficient (Wildman–Crippen LogP) is 0.0559. The number of morpholine rings is 1. The Morgan fingerprint density at radius 2 is 2.04 bits per heavy atom. The molecule has 0 N–H and O–H groups in total. The Balaban J connectivity index is 1.72. The molecule has 1 aromatic rings. The second-order valence-corrected chi connectivity index (χ2v) is 6.28. The molecule has 2 atom stereocenters. The largest absolute Gasteiger partial charge is 0.379 e. The predicted molar refractivity (Wildman–Crippen MR) is 85.4 cm³/mol. The van der Waals surface area contributed by atoms with Gasteiger partial charge in [-0.05, 0) is 18.9 Å². The highest BCUT2D eigenvalue weighted by molar-refractivity contribution is 5.92. The zero-order valence-electron chi connectivity index (χ0n) is 13.8. The first kappa shape index (κ1) is 16.1. The van der Waals surface area contributed by atoms with E-state index in [9.17, 15) is 9.59 Å². The normalized spacial score (nSPS) is 25.7. The van der Waals surface area contributed by atoms with E-state index in [0.717, 1.165) is 32.8 Å². The van der Waals surface area contributed by atoms with Crippen molar-refractivity contribution in [1.82, 2.24) is 19.6 Å². The fourth-order valence-corrected chi connectivity index (χ4v) is 3.45. The number of hydrogen-bond donors (Lipinski definition) is 0. The highest BCUT2D eigenvalue weighted by Gasteiger charge is 2.37. The first-order chi connectivity index (χ1) is 11.1. The Morgan fingerprint density at radius 1 is 1.30 bits per heavy atom. The van der Waals surface area contributed by atoms with Crippen LogP contribution in [0.25, 0.3) is 0 Å². The highest BCUT2D eigenvalue weighted by Crippen LogP contribution is 2.23. The van der Waals surface area contributed by atoms with Crippen LogP contribution in [-0.4, -0.2) is 70.9 Å². The molecule has 0 saturated carbocycles. The topological polar surface area (TPSA) is 67.7 Å². The summed E-state index contributed by atoms with van der Waals surface area (Å²) in [4.78, 5) is 28.6. The van der Waals surface area contributed by atoms with Crippen LogP contribution < -0.4 is 5.56 Å². The van der Waals surface area contributed by atoms with Crippen molar-refractivity contribution in [1.29, 1.82) is 0 Å². The van der Waals surface area contributed by atoms with Crippen LogP contribution >= 0.6 is 0 Å². The number of carbonyl (C=O) groups is 1. The van der Waals surface area contributed by atoms with Gasteiger partial charge in [-0.25, -0.2) is 4.68 Å². The lowest BCUT2D eigenvalue weighted by molar-refractivity contribution is 0.0119. The summed E-state index contributed by atoms with van der Waals surface area (Å²) in [5.74, 6) is 0.337. The zero-order chi connectivity index (χ0) is 16.4. The molecule has 1 aromatic heterocycles. The molecule has 126 valence electrons. The van der Waals surface area contributed by atoms with E-state index in [1.54, 1.807) is 0 Å². The molecule has 3 heterocycles. The molecule has 0 unspecified atom stereocenters. The van der Waals surface area contributed by atoms with Crippen molar-refractivity contribution in [2.45, 2.75) is 26.4 Å². The first-order valence-corrected chi connectivity index (χ1v) is 8.29. The quantitative estimate of drug-likeness (QED) is 0.787. The van der Waals surface area contributed by atoms with Crippen LogP contribution in [0.3, 0.4) is 0 Å². The fourth-order valence-electron chi connectivity index (χ4n) is 3.45. The van der Waals surface area contributed by atoms with Gasteiger partial charge in [0.1, 0.15) is 5.69 Å². The lowest BCUT2D eigenvalue weighted by atomic mass is 10.0. The maximum absolute atomic E-state index is 12.7. The van der Waals surface area contributed by atoms with Gasteiger partial charge in [0.2, 0.25) is 0 Å². The van der Waals surface area contributed by atoms with Gasteiger partial charge >= 0.3 is 0 Å². The third-order valence-corrected chi connectivity index (χ3v) is 4.76. The Morgan fingerprint density at radius 3 is 2.74 bits per heavy atom. The number of hydrogen-bond acceptors (Lipinski definition) is 5. The van der Waals surface area contributed by atoms with Crippen LogP contribution in [-0.2, 0) is 11.3 Å². The van der Waals surface area contributed by atoms with Crippen LogP contribution in [0, 0.1) is 5.92 Å². The molecule has 2 fully saturated rings. The number of likely N-dealkylation sites (tertiary alicyclic amines) is 1. The summed E-state index contributed by atoms with van der Waals surface area (Å²) in [6.07, 6.45) is 0. The molecule has 0 radical (unpaired) electrons. The standard InChI is InChI=1S/C16H24N4O3/c1-3-20-15(21)5-4-13(17-20)16(22)19-10-12(2)14(11-19)18-6-8-23-9-7-18/h4-5,12,14H,3,6-11H2,1-2H3/t12-,14-/m0/s1. The van der Waals surface area contributed by atoms with E-state index >= 15 is 0 Å². The van der Waals surface area contributed by atoms with Crippen molar-refractivity contribution in [3.8, 4) is 0 Å². The van der Waals surface area contributed by atoms with Crippen molar-refractivity contribution in [2.75, 3.05) is 39.4 Å². The molecule has 0 aromatic carbocycles. The van der Waals surface area contributed by atoms with Crippen LogP contribution in [0.2, 0.25) is 0 Å². The third-order valence-electron chi connectivity index (χ3n) is 4.76. The SMILES string of the molecule is CCn1nc(C(=O)N2C[C@H](C)[C@@H](N3CCOCC3)C2)ccc1=O. The Bertz CT molecular complexity index is 624. The third kappa shape index (κ3) is 3.30. The van der Waals surface area contributed by atoms with Gasteiger partial charge < -0.3 is 9.64 Å².